The summed E-state index contributed by atoms with van der Waals surface area (Å²) in [5.41, 5.74) is 5.07. The molecule has 298 valence electrons. The van der Waals surface area contributed by atoms with Gasteiger partial charge in [0.05, 0.1) is 38.2 Å². The lowest BCUT2D eigenvalue weighted by molar-refractivity contribution is -0.135. The summed E-state index contributed by atoms with van der Waals surface area (Å²) in [6.45, 7) is 9.78. The lowest BCUT2D eigenvalue weighted by Gasteiger charge is -2.53. The minimum atomic E-state index is -0.661. The number of ether oxygens (including phenoxy) is 2. The first-order valence-electron chi connectivity index (χ1n) is 20.5. The molecule has 2 aromatic heterocycles. The van der Waals surface area contributed by atoms with Crippen molar-refractivity contribution in [3.05, 3.63) is 59.6 Å². The van der Waals surface area contributed by atoms with E-state index in [-0.39, 0.29) is 52.9 Å². The van der Waals surface area contributed by atoms with E-state index in [2.05, 4.69) is 69.8 Å². The molecule has 0 spiro atoms. The minimum absolute atomic E-state index is 0.0129. The average Bonchev–Trinajstić information content (AvgIpc) is 4.06. The lowest BCUT2D eigenvalue weighted by Crippen LogP contribution is -2.51. The summed E-state index contributed by atoms with van der Waals surface area (Å²) >= 11 is 0. The van der Waals surface area contributed by atoms with Crippen LogP contribution in [0.3, 0.4) is 0 Å². The standard InChI is InChI=1S/C42H60N8O5/c1-7-30(46-39(52)54-5)27(4)49-22-8-10-32(49)37-44-25-34(47-37)42-19-16-41(17-20-42,18-21-42)29-14-12-28(13-15-29)31-24-43-36(45-31)33-11-9-23-50(33)38(51)35(26(2)3)48-40(53)55-6/h12-15,24-27,30,32-33,35H,7-11,16-23H2,1-6H3,(H,43,45)(H,44,47)(H,46,52)(H,48,53)/t27?,30-,32-,33-,35-,41?,42?/m0/s1. The number of methoxy groups -OCH3 is 2. The highest BCUT2D eigenvalue weighted by Crippen LogP contribution is 2.58. The van der Waals surface area contributed by atoms with Gasteiger partial charge < -0.3 is 35.0 Å². The molecule has 8 rings (SSSR count). The van der Waals surface area contributed by atoms with E-state index in [0.717, 1.165) is 100 Å². The van der Waals surface area contributed by atoms with Gasteiger partial charge in [-0.25, -0.2) is 19.6 Å². The highest BCUT2D eigenvalue weighted by Gasteiger charge is 2.51. The third kappa shape index (κ3) is 7.48. The second-order valence-electron chi connectivity index (χ2n) is 16.8. The number of carbonyl (C=O) groups is 3. The fourth-order valence-corrected chi connectivity index (χ4v) is 10.2. The van der Waals surface area contributed by atoms with E-state index in [9.17, 15) is 14.4 Å². The average molecular weight is 757 g/mol. The third-order valence-electron chi connectivity index (χ3n) is 13.7. The summed E-state index contributed by atoms with van der Waals surface area (Å²) in [4.78, 5) is 59.1. The van der Waals surface area contributed by atoms with E-state index in [1.54, 1.807) is 0 Å². The number of aromatic amines is 2. The Morgan fingerprint density at radius 1 is 0.818 bits per heavy atom. The first-order chi connectivity index (χ1) is 26.5. The number of amides is 3. The summed E-state index contributed by atoms with van der Waals surface area (Å²) < 4.78 is 9.68. The van der Waals surface area contributed by atoms with Gasteiger partial charge in [-0.3, -0.25) is 9.69 Å². The molecular formula is C42H60N8O5. The van der Waals surface area contributed by atoms with Crippen LogP contribution >= 0.6 is 0 Å². The normalized spacial score (nSPS) is 26.9. The monoisotopic (exact) mass is 756 g/mol. The minimum Gasteiger partial charge on any atom is -0.453 e. The number of fused-ring (bicyclic) bond motifs is 3. The Morgan fingerprint density at radius 3 is 2.07 bits per heavy atom. The summed E-state index contributed by atoms with van der Waals surface area (Å²) in [5.74, 6) is 1.65. The van der Waals surface area contributed by atoms with Gasteiger partial charge in [-0.05, 0) is 107 Å². The number of carbonyl (C=O) groups excluding carboxylic acids is 3. The maximum Gasteiger partial charge on any atom is 0.407 e. The number of hydrogen-bond donors (Lipinski definition) is 4. The van der Waals surface area contributed by atoms with E-state index in [0.29, 0.717) is 6.54 Å². The van der Waals surface area contributed by atoms with Crippen molar-refractivity contribution >= 4 is 18.1 Å². The Kier molecular flexibility index (Phi) is 11.3. The maximum absolute atomic E-state index is 13.6. The molecule has 3 aromatic rings. The number of likely N-dealkylation sites (tertiary alicyclic amines) is 2. The summed E-state index contributed by atoms with van der Waals surface area (Å²) in [7, 11) is 2.72. The zero-order chi connectivity index (χ0) is 38.9. The molecule has 1 aromatic carbocycles. The zero-order valence-corrected chi connectivity index (χ0v) is 33.5. The third-order valence-corrected chi connectivity index (χ3v) is 13.7. The fourth-order valence-electron chi connectivity index (χ4n) is 10.2. The number of nitrogens with one attached hydrogen (secondary N) is 4. The molecule has 3 amide bonds. The Morgan fingerprint density at radius 2 is 1.42 bits per heavy atom. The first kappa shape index (κ1) is 38.9. The van der Waals surface area contributed by atoms with Gasteiger partial charge in [0.15, 0.2) is 0 Å². The molecule has 13 nitrogen and oxygen atoms in total. The number of hydrogen-bond acceptors (Lipinski definition) is 8. The summed E-state index contributed by atoms with van der Waals surface area (Å²) in [6.07, 6.45) is 14.6. The Labute approximate surface area is 325 Å². The smallest absolute Gasteiger partial charge is 0.407 e. The van der Waals surface area contributed by atoms with Crippen LogP contribution in [0.4, 0.5) is 9.59 Å². The Balaban J connectivity index is 0.989. The van der Waals surface area contributed by atoms with Gasteiger partial charge in [-0.1, -0.05) is 45.0 Å². The largest absolute Gasteiger partial charge is 0.453 e. The van der Waals surface area contributed by atoms with Crippen molar-refractivity contribution in [2.75, 3.05) is 27.3 Å². The van der Waals surface area contributed by atoms with Crippen LogP contribution in [0.2, 0.25) is 0 Å². The molecule has 13 heteroatoms. The molecule has 5 fully saturated rings. The van der Waals surface area contributed by atoms with Crippen LogP contribution in [0.1, 0.15) is 133 Å². The van der Waals surface area contributed by atoms with E-state index in [1.807, 2.05) is 24.9 Å². The Bertz CT molecular complexity index is 1790. The molecule has 2 saturated heterocycles. The van der Waals surface area contributed by atoms with E-state index in [1.165, 1.54) is 25.5 Å². The number of nitrogens with zero attached hydrogens (tertiary/aromatic N) is 4. The molecule has 2 aliphatic heterocycles. The molecule has 4 N–H and O–H groups in total. The van der Waals surface area contributed by atoms with E-state index in [4.69, 9.17) is 19.4 Å². The SMILES string of the molecule is CC[C@H](NC(=O)OC)C(C)N1CCC[C@H]1c1ncc(C23CCC(c4ccc(-c5cnc([C@@H]6CCCN6C(=O)[C@@H](NC(=O)OC)C(C)C)[nH]5)cc4)(CC2)CC3)[nH]1. The summed E-state index contributed by atoms with van der Waals surface area (Å²) in [6, 6.07) is 8.63. The second-order valence-corrected chi connectivity index (χ2v) is 16.8. The van der Waals surface area contributed by atoms with Crippen molar-refractivity contribution in [3.63, 3.8) is 0 Å². The van der Waals surface area contributed by atoms with Crippen LogP contribution in [0.5, 0.6) is 0 Å². The van der Waals surface area contributed by atoms with Crippen molar-refractivity contribution in [2.24, 2.45) is 5.92 Å². The molecule has 55 heavy (non-hydrogen) atoms. The van der Waals surface area contributed by atoms with Crippen LogP contribution in [0.15, 0.2) is 36.7 Å². The quantitative estimate of drug-likeness (QED) is 0.153. The number of H-pyrrole nitrogens is 2. The second kappa shape index (κ2) is 16.0. The highest BCUT2D eigenvalue weighted by atomic mass is 16.5. The van der Waals surface area contributed by atoms with Crippen molar-refractivity contribution in [1.29, 1.82) is 0 Å². The predicted molar refractivity (Wildman–Crippen MR) is 209 cm³/mol. The molecule has 0 radical (unpaired) electrons. The van der Waals surface area contributed by atoms with Crippen LogP contribution in [0.25, 0.3) is 11.3 Å². The van der Waals surface area contributed by atoms with Gasteiger partial charge >= 0.3 is 12.2 Å². The van der Waals surface area contributed by atoms with Gasteiger partial charge in [-0.2, -0.15) is 0 Å². The van der Waals surface area contributed by atoms with Crippen molar-refractivity contribution in [1.82, 2.24) is 40.4 Å². The molecular weight excluding hydrogens is 697 g/mol. The Hall–Kier alpha value is -4.39. The molecule has 4 heterocycles. The molecule has 5 aliphatic rings. The lowest BCUT2D eigenvalue weighted by atomic mass is 9.51. The molecule has 1 unspecified atom stereocenters. The van der Waals surface area contributed by atoms with Crippen LogP contribution in [-0.4, -0.2) is 93.3 Å². The molecule has 2 bridgehead atoms. The van der Waals surface area contributed by atoms with Gasteiger partial charge in [0, 0.05) is 35.9 Å². The number of rotatable bonds is 12. The van der Waals surface area contributed by atoms with Crippen molar-refractivity contribution in [3.8, 4) is 11.3 Å². The van der Waals surface area contributed by atoms with Gasteiger partial charge in [-0.15, -0.1) is 0 Å². The number of benzene rings is 1. The molecule has 3 saturated carbocycles. The van der Waals surface area contributed by atoms with Gasteiger partial charge in [0.1, 0.15) is 17.7 Å². The van der Waals surface area contributed by atoms with Crippen molar-refractivity contribution in [2.45, 2.75) is 139 Å². The fraction of sp³-hybridized carbons (Fsp3) is 0.643. The number of alkyl carbamates (subject to hydrolysis) is 2. The van der Waals surface area contributed by atoms with Crippen LogP contribution in [-0.2, 0) is 25.1 Å². The van der Waals surface area contributed by atoms with Gasteiger partial charge in [0.25, 0.3) is 0 Å². The van der Waals surface area contributed by atoms with Crippen LogP contribution < -0.4 is 10.6 Å². The summed E-state index contributed by atoms with van der Waals surface area (Å²) in [5, 5.41) is 5.76. The highest BCUT2D eigenvalue weighted by molar-refractivity contribution is 5.86. The molecule has 5 atom stereocenters. The topological polar surface area (TPSA) is 158 Å². The number of aromatic nitrogens is 4. The first-order valence-corrected chi connectivity index (χ1v) is 20.5. The predicted octanol–water partition coefficient (Wildman–Crippen LogP) is 7.05. The maximum atomic E-state index is 13.6. The zero-order valence-electron chi connectivity index (χ0n) is 33.5. The molecule has 3 aliphatic carbocycles. The van der Waals surface area contributed by atoms with E-state index < -0.39 is 12.1 Å². The van der Waals surface area contributed by atoms with E-state index >= 15 is 0 Å². The van der Waals surface area contributed by atoms with Crippen LogP contribution in [0, 0.1) is 5.92 Å². The van der Waals surface area contributed by atoms with Gasteiger partial charge in [0.2, 0.25) is 5.91 Å². The number of imidazole rings is 2. The van der Waals surface area contributed by atoms with Crippen molar-refractivity contribution < 1.29 is 23.9 Å².